The maximum atomic E-state index is 5.81. The Hall–Kier alpha value is -1.61. The van der Waals surface area contributed by atoms with Crippen molar-refractivity contribution in [3.05, 3.63) is 48.0 Å². The van der Waals surface area contributed by atoms with E-state index in [2.05, 4.69) is 35.5 Å². The summed E-state index contributed by atoms with van der Waals surface area (Å²) in [6.07, 6.45) is 6.13. The Kier molecular flexibility index (Phi) is 4.15. The third-order valence-corrected chi connectivity index (χ3v) is 3.54. The van der Waals surface area contributed by atoms with Crippen LogP contribution in [-0.2, 0) is 6.54 Å². The number of nitrogens with zero attached hydrogens (tertiary/aromatic N) is 2. The monoisotopic (exact) mass is 243 g/mol. The molecule has 0 bridgehead atoms. The molecule has 1 heterocycles. The highest BCUT2D eigenvalue weighted by Crippen LogP contribution is 2.26. The van der Waals surface area contributed by atoms with Crippen LogP contribution < -0.4 is 5.73 Å². The van der Waals surface area contributed by atoms with E-state index in [0.717, 1.165) is 24.1 Å². The number of imidazole rings is 1. The molecule has 0 atom stereocenters. The van der Waals surface area contributed by atoms with Crippen molar-refractivity contribution < 1.29 is 0 Å². The van der Waals surface area contributed by atoms with Crippen LogP contribution in [0.2, 0.25) is 0 Å². The zero-order valence-corrected chi connectivity index (χ0v) is 11.1. The smallest absolute Gasteiger partial charge is 0.0994 e. The van der Waals surface area contributed by atoms with Gasteiger partial charge in [-0.05, 0) is 24.5 Å². The number of aromatic nitrogens is 2. The fraction of sp³-hybridized carbons (Fsp3) is 0.400. The van der Waals surface area contributed by atoms with E-state index in [1.807, 2.05) is 24.7 Å². The van der Waals surface area contributed by atoms with Crippen molar-refractivity contribution in [2.75, 3.05) is 0 Å². The molecular formula is C15H21N3. The highest BCUT2D eigenvalue weighted by atomic mass is 15.1. The maximum absolute atomic E-state index is 5.81. The Morgan fingerprint density at radius 2 is 1.94 bits per heavy atom. The SMILES string of the molecule is CCC(CC)c1cncn1-c1ccccc1CN. The molecule has 1 aromatic heterocycles. The molecule has 0 saturated heterocycles. The van der Waals surface area contributed by atoms with Crippen LogP contribution in [0.3, 0.4) is 0 Å². The predicted octanol–water partition coefficient (Wildman–Crippen LogP) is 3.23. The minimum Gasteiger partial charge on any atom is -0.326 e. The van der Waals surface area contributed by atoms with Gasteiger partial charge in [-0.2, -0.15) is 0 Å². The second-order valence-electron chi connectivity index (χ2n) is 4.53. The lowest BCUT2D eigenvalue weighted by atomic mass is 9.99. The van der Waals surface area contributed by atoms with Crippen LogP contribution in [0.15, 0.2) is 36.8 Å². The van der Waals surface area contributed by atoms with Crippen molar-refractivity contribution in [3.8, 4) is 5.69 Å². The van der Waals surface area contributed by atoms with Gasteiger partial charge in [-0.25, -0.2) is 4.98 Å². The molecule has 2 N–H and O–H groups in total. The summed E-state index contributed by atoms with van der Waals surface area (Å²) in [4.78, 5) is 4.31. The molecule has 3 nitrogen and oxygen atoms in total. The van der Waals surface area contributed by atoms with E-state index in [4.69, 9.17) is 5.73 Å². The van der Waals surface area contributed by atoms with E-state index in [1.165, 1.54) is 5.69 Å². The van der Waals surface area contributed by atoms with Crippen molar-refractivity contribution >= 4 is 0 Å². The number of benzene rings is 1. The third-order valence-electron chi connectivity index (χ3n) is 3.54. The largest absolute Gasteiger partial charge is 0.326 e. The summed E-state index contributed by atoms with van der Waals surface area (Å²) in [5.41, 5.74) is 9.40. The van der Waals surface area contributed by atoms with E-state index in [-0.39, 0.29) is 0 Å². The number of rotatable bonds is 5. The van der Waals surface area contributed by atoms with E-state index < -0.39 is 0 Å². The molecule has 0 saturated carbocycles. The van der Waals surface area contributed by atoms with Gasteiger partial charge in [-0.15, -0.1) is 0 Å². The first kappa shape index (κ1) is 12.8. The van der Waals surface area contributed by atoms with Gasteiger partial charge in [0.25, 0.3) is 0 Å². The molecule has 3 heteroatoms. The molecule has 0 aliphatic heterocycles. The zero-order valence-electron chi connectivity index (χ0n) is 11.1. The van der Waals surface area contributed by atoms with Gasteiger partial charge in [0.2, 0.25) is 0 Å². The number of para-hydroxylation sites is 1. The molecule has 0 aliphatic rings. The molecule has 0 amide bonds. The third kappa shape index (κ3) is 2.31. The molecule has 0 fully saturated rings. The van der Waals surface area contributed by atoms with Gasteiger partial charge in [-0.3, -0.25) is 0 Å². The highest BCUT2D eigenvalue weighted by molar-refractivity contribution is 5.42. The molecule has 0 spiro atoms. The summed E-state index contributed by atoms with van der Waals surface area (Å²) in [6, 6.07) is 8.26. The summed E-state index contributed by atoms with van der Waals surface area (Å²) in [6.45, 7) is 5.00. The molecule has 0 unspecified atom stereocenters. The van der Waals surface area contributed by atoms with Crippen LogP contribution in [0.5, 0.6) is 0 Å². The first-order valence-electron chi connectivity index (χ1n) is 6.62. The van der Waals surface area contributed by atoms with E-state index in [9.17, 15) is 0 Å². The standard InChI is InChI=1S/C15H21N3/c1-3-12(4-2)15-10-17-11-18(15)14-8-6-5-7-13(14)9-16/h5-8,10-12H,3-4,9,16H2,1-2H3. The lowest BCUT2D eigenvalue weighted by Gasteiger charge is -2.17. The molecule has 2 rings (SSSR count). The quantitative estimate of drug-likeness (QED) is 0.876. The van der Waals surface area contributed by atoms with Crippen molar-refractivity contribution in [3.63, 3.8) is 0 Å². The summed E-state index contributed by atoms with van der Waals surface area (Å²) in [5, 5.41) is 0. The van der Waals surface area contributed by atoms with Crippen LogP contribution in [0, 0.1) is 0 Å². The van der Waals surface area contributed by atoms with Gasteiger partial charge in [0.05, 0.1) is 12.0 Å². The number of nitrogens with two attached hydrogens (primary N) is 1. The van der Waals surface area contributed by atoms with E-state index in [0.29, 0.717) is 12.5 Å². The Labute approximate surface area is 109 Å². The summed E-state index contributed by atoms with van der Waals surface area (Å²) in [5.74, 6) is 0.554. The molecule has 0 radical (unpaired) electrons. The van der Waals surface area contributed by atoms with Gasteiger partial charge in [-0.1, -0.05) is 32.0 Å². The lowest BCUT2D eigenvalue weighted by Crippen LogP contribution is -2.08. The maximum Gasteiger partial charge on any atom is 0.0994 e. The average Bonchev–Trinajstić information content (AvgIpc) is 2.89. The minimum atomic E-state index is 0.552. The lowest BCUT2D eigenvalue weighted by molar-refractivity contribution is 0.611. The Balaban J connectivity index is 2.48. The molecule has 0 aliphatic carbocycles. The van der Waals surface area contributed by atoms with E-state index in [1.54, 1.807) is 0 Å². The average molecular weight is 243 g/mol. The first-order chi connectivity index (χ1) is 8.81. The minimum absolute atomic E-state index is 0.552. The predicted molar refractivity (Wildman–Crippen MR) is 74.8 cm³/mol. The van der Waals surface area contributed by atoms with Crippen LogP contribution in [0.4, 0.5) is 0 Å². The second-order valence-corrected chi connectivity index (χ2v) is 4.53. The van der Waals surface area contributed by atoms with Gasteiger partial charge in [0.1, 0.15) is 0 Å². The van der Waals surface area contributed by atoms with Crippen LogP contribution in [-0.4, -0.2) is 9.55 Å². The van der Waals surface area contributed by atoms with E-state index >= 15 is 0 Å². The van der Waals surface area contributed by atoms with Crippen molar-refractivity contribution in [1.82, 2.24) is 9.55 Å². The first-order valence-corrected chi connectivity index (χ1v) is 6.62. The van der Waals surface area contributed by atoms with Gasteiger partial charge in [0, 0.05) is 24.4 Å². The zero-order chi connectivity index (χ0) is 13.0. The number of hydrogen-bond donors (Lipinski definition) is 1. The Morgan fingerprint density at radius 3 is 2.61 bits per heavy atom. The Bertz CT molecular complexity index is 498. The van der Waals surface area contributed by atoms with Crippen molar-refractivity contribution in [1.29, 1.82) is 0 Å². The molecule has 96 valence electrons. The van der Waals surface area contributed by atoms with Gasteiger partial charge >= 0.3 is 0 Å². The highest BCUT2D eigenvalue weighted by Gasteiger charge is 2.14. The van der Waals surface area contributed by atoms with Gasteiger partial charge < -0.3 is 10.3 Å². The van der Waals surface area contributed by atoms with Gasteiger partial charge in [0.15, 0.2) is 0 Å². The molecule has 18 heavy (non-hydrogen) atoms. The summed E-state index contributed by atoms with van der Waals surface area (Å²) in [7, 11) is 0. The number of hydrogen-bond acceptors (Lipinski definition) is 2. The van der Waals surface area contributed by atoms with Crippen LogP contribution in [0.1, 0.15) is 43.9 Å². The fourth-order valence-electron chi connectivity index (χ4n) is 2.43. The Morgan fingerprint density at radius 1 is 1.22 bits per heavy atom. The van der Waals surface area contributed by atoms with Crippen LogP contribution >= 0.6 is 0 Å². The second kappa shape index (κ2) is 5.83. The molecular weight excluding hydrogens is 222 g/mol. The molecule has 2 aromatic rings. The fourth-order valence-corrected chi connectivity index (χ4v) is 2.43. The molecule has 1 aromatic carbocycles. The summed E-state index contributed by atoms with van der Waals surface area (Å²) < 4.78 is 2.18. The van der Waals surface area contributed by atoms with Crippen molar-refractivity contribution in [2.45, 2.75) is 39.2 Å². The summed E-state index contributed by atoms with van der Waals surface area (Å²) >= 11 is 0. The topological polar surface area (TPSA) is 43.8 Å². The normalized spacial score (nSPS) is 11.1. The van der Waals surface area contributed by atoms with Crippen LogP contribution in [0.25, 0.3) is 5.69 Å². The van der Waals surface area contributed by atoms with Crippen molar-refractivity contribution in [2.24, 2.45) is 5.73 Å².